The summed E-state index contributed by atoms with van der Waals surface area (Å²) in [6.07, 6.45) is -0.527. The van der Waals surface area contributed by atoms with Gasteiger partial charge >= 0.3 is 0 Å². The maximum absolute atomic E-state index is 12.7. The number of aryl methyl sites for hydroxylation is 1. The Kier molecular flexibility index (Phi) is 5.72. The fourth-order valence-corrected chi connectivity index (χ4v) is 3.48. The first-order valence-corrected chi connectivity index (χ1v) is 9.35. The number of nitrogens with zero attached hydrogens (tertiary/aromatic N) is 2. The number of halogens is 1. The minimum atomic E-state index is -0.527. The number of piperazine rings is 1. The third-order valence-electron chi connectivity index (χ3n) is 4.96. The van der Waals surface area contributed by atoms with Gasteiger partial charge in [0.1, 0.15) is 5.75 Å². The zero-order chi connectivity index (χ0) is 18.7. The van der Waals surface area contributed by atoms with E-state index in [2.05, 4.69) is 36.9 Å². The van der Waals surface area contributed by atoms with Gasteiger partial charge in [-0.3, -0.25) is 4.79 Å². The first-order valence-electron chi connectivity index (χ1n) is 8.98. The highest BCUT2D eigenvalue weighted by atomic mass is 35.5. The van der Waals surface area contributed by atoms with Gasteiger partial charge in [0, 0.05) is 36.9 Å². The van der Waals surface area contributed by atoms with Crippen LogP contribution in [0.1, 0.15) is 18.1 Å². The highest BCUT2D eigenvalue weighted by Crippen LogP contribution is 2.24. The van der Waals surface area contributed by atoms with Crippen LogP contribution in [0.5, 0.6) is 5.75 Å². The Hall–Kier alpha value is -2.20. The number of carbonyl (C=O) groups is 1. The summed E-state index contributed by atoms with van der Waals surface area (Å²) in [6, 6.07) is 13.5. The van der Waals surface area contributed by atoms with Crippen molar-refractivity contribution in [3.8, 4) is 5.75 Å². The molecule has 1 saturated heterocycles. The molecule has 0 spiro atoms. The van der Waals surface area contributed by atoms with Gasteiger partial charge in [-0.15, -0.1) is 0 Å². The van der Waals surface area contributed by atoms with Gasteiger partial charge in [-0.2, -0.15) is 0 Å². The van der Waals surface area contributed by atoms with Crippen LogP contribution in [0.2, 0.25) is 5.02 Å². The Labute approximate surface area is 160 Å². The number of ether oxygens (including phenoxy) is 1. The smallest absolute Gasteiger partial charge is 0.263 e. The lowest BCUT2D eigenvalue weighted by atomic mass is 10.1. The molecule has 0 saturated carbocycles. The van der Waals surface area contributed by atoms with Gasteiger partial charge in [0.25, 0.3) is 5.91 Å². The average Bonchev–Trinajstić information content (AvgIpc) is 2.63. The highest BCUT2D eigenvalue weighted by Gasteiger charge is 2.26. The van der Waals surface area contributed by atoms with Crippen LogP contribution >= 0.6 is 11.6 Å². The van der Waals surface area contributed by atoms with Crippen molar-refractivity contribution < 1.29 is 9.53 Å². The number of hydrogen-bond donors (Lipinski definition) is 0. The van der Waals surface area contributed by atoms with E-state index >= 15 is 0 Å². The third kappa shape index (κ3) is 4.13. The fraction of sp³-hybridized carbons (Fsp3) is 0.381. The molecule has 5 heteroatoms. The Balaban J connectivity index is 1.58. The quantitative estimate of drug-likeness (QED) is 0.810. The standard InChI is InChI=1S/C21H25ClN2O2/c1-15-6-4-9-20(16(15)2)23-10-12-24(13-11-23)21(25)17(3)26-19-8-5-7-18(22)14-19/h4-9,14,17H,10-13H2,1-3H3. The topological polar surface area (TPSA) is 32.8 Å². The van der Waals surface area contributed by atoms with Gasteiger partial charge in [-0.25, -0.2) is 0 Å². The lowest BCUT2D eigenvalue weighted by molar-refractivity contribution is -0.138. The van der Waals surface area contributed by atoms with E-state index in [9.17, 15) is 4.79 Å². The van der Waals surface area contributed by atoms with Crippen LogP contribution < -0.4 is 9.64 Å². The van der Waals surface area contributed by atoms with E-state index in [-0.39, 0.29) is 5.91 Å². The summed E-state index contributed by atoms with van der Waals surface area (Å²) in [5.41, 5.74) is 3.87. The number of amides is 1. The van der Waals surface area contributed by atoms with E-state index in [1.54, 1.807) is 19.1 Å². The van der Waals surface area contributed by atoms with Gasteiger partial charge < -0.3 is 14.5 Å². The summed E-state index contributed by atoms with van der Waals surface area (Å²) < 4.78 is 5.77. The second-order valence-electron chi connectivity index (χ2n) is 6.75. The molecule has 1 atom stereocenters. The molecule has 0 aliphatic carbocycles. The van der Waals surface area contributed by atoms with Gasteiger partial charge in [-0.1, -0.05) is 29.8 Å². The Morgan fingerprint density at radius 3 is 2.46 bits per heavy atom. The molecule has 3 rings (SSSR count). The van der Waals surface area contributed by atoms with Crippen LogP contribution in [0, 0.1) is 13.8 Å². The van der Waals surface area contributed by atoms with Crippen molar-refractivity contribution >= 4 is 23.2 Å². The molecule has 0 bridgehead atoms. The summed E-state index contributed by atoms with van der Waals surface area (Å²) in [7, 11) is 0. The number of rotatable bonds is 4. The van der Waals surface area contributed by atoms with Crippen LogP contribution in [0.3, 0.4) is 0 Å². The SMILES string of the molecule is Cc1cccc(N2CCN(C(=O)C(C)Oc3cccc(Cl)c3)CC2)c1C. The molecule has 1 fully saturated rings. The number of anilines is 1. The molecule has 1 aliphatic heterocycles. The molecule has 138 valence electrons. The number of hydrogen-bond acceptors (Lipinski definition) is 3. The van der Waals surface area contributed by atoms with E-state index in [0.29, 0.717) is 23.9 Å². The largest absolute Gasteiger partial charge is 0.481 e. The molecule has 26 heavy (non-hydrogen) atoms. The summed E-state index contributed by atoms with van der Waals surface area (Å²) >= 11 is 5.97. The zero-order valence-corrected chi connectivity index (χ0v) is 16.3. The molecule has 2 aromatic carbocycles. The van der Waals surface area contributed by atoms with Crippen LogP contribution in [0.25, 0.3) is 0 Å². The molecule has 2 aromatic rings. The molecule has 0 radical (unpaired) electrons. The molecular formula is C21H25ClN2O2. The van der Waals surface area contributed by atoms with Crippen molar-refractivity contribution in [1.29, 1.82) is 0 Å². The lowest BCUT2D eigenvalue weighted by Crippen LogP contribution is -2.52. The predicted octanol–water partition coefficient (Wildman–Crippen LogP) is 4.07. The lowest BCUT2D eigenvalue weighted by Gasteiger charge is -2.38. The number of benzene rings is 2. The second-order valence-corrected chi connectivity index (χ2v) is 7.19. The summed E-state index contributed by atoms with van der Waals surface area (Å²) in [4.78, 5) is 16.9. The molecule has 1 aliphatic rings. The summed E-state index contributed by atoms with van der Waals surface area (Å²) in [5, 5.41) is 0.601. The molecule has 4 nitrogen and oxygen atoms in total. The highest BCUT2D eigenvalue weighted by molar-refractivity contribution is 6.30. The maximum Gasteiger partial charge on any atom is 0.263 e. The maximum atomic E-state index is 12.7. The average molecular weight is 373 g/mol. The van der Waals surface area contributed by atoms with Crippen LogP contribution in [0.4, 0.5) is 5.69 Å². The zero-order valence-electron chi connectivity index (χ0n) is 15.5. The molecule has 1 unspecified atom stereocenters. The van der Waals surface area contributed by atoms with E-state index in [0.717, 1.165) is 13.1 Å². The molecule has 1 amide bonds. The second kappa shape index (κ2) is 8.00. The van der Waals surface area contributed by atoms with Crippen molar-refractivity contribution in [2.45, 2.75) is 26.9 Å². The normalized spacial score (nSPS) is 15.7. The van der Waals surface area contributed by atoms with Crippen molar-refractivity contribution in [3.63, 3.8) is 0 Å². The van der Waals surface area contributed by atoms with Crippen LogP contribution in [-0.2, 0) is 4.79 Å². The minimum Gasteiger partial charge on any atom is -0.481 e. The first-order chi connectivity index (χ1) is 12.5. The van der Waals surface area contributed by atoms with E-state index in [1.165, 1.54) is 16.8 Å². The monoisotopic (exact) mass is 372 g/mol. The number of carbonyl (C=O) groups excluding carboxylic acids is 1. The van der Waals surface area contributed by atoms with Crippen molar-refractivity contribution in [2.24, 2.45) is 0 Å². The van der Waals surface area contributed by atoms with E-state index in [4.69, 9.17) is 16.3 Å². The van der Waals surface area contributed by atoms with E-state index < -0.39 is 6.10 Å². The van der Waals surface area contributed by atoms with Crippen molar-refractivity contribution in [1.82, 2.24) is 4.90 Å². The predicted molar refractivity (Wildman–Crippen MR) is 106 cm³/mol. The van der Waals surface area contributed by atoms with Crippen LogP contribution in [-0.4, -0.2) is 43.1 Å². The molecule has 0 N–H and O–H groups in total. The van der Waals surface area contributed by atoms with Gasteiger partial charge in [-0.05, 0) is 56.2 Å². The Morgan fingerprint density at radius 1 is 1.08 bits per heavy atom. The van der Waals surface area contributed by atoms with Crippen molar-refractivity contribution in [2.75, 3.05) is 31.1 Å². The van der Waals surface area contributed by atoms with Crippen LogP contribution in [0.15, 0.2) is 42.5 Å². The first kappa shape index (κ1) is 18.6. The Bertz CT molecular complexity index is 785. The Morgan fingerprint density at radius 2 is 1.77 bits per heavy atom. The van der Waals surface area contributed by atoms with Crippen molar-refractivity contribution in [3.05, 3.63) is 58.6 Å². The molecule has 0 aromatic heterocycles. The fourth-order valence-electron chi connectivity index (χ4n) is 3.30. The molecule has 1 heterocycles. The van der Waals surface area contributed by atoms with E-state index in [1.807, 2.05) is 17.0 Å². The van der Waals surface area contributed by atoms with Gasteiger partial charge in [0.2, 0.25) is 0 Å². The minimum absolute atomic E-state index is 0.0191. The third-order valence-corrected chi connectivity index (χ3v) is 5.20. The summed E-state index contributed by atoms with van der Waals surface area (Å²) in [6.45, 7) is 9.15. The summed E-state index contributed by atoms with van der Waals surface area (Å²) in [5.74, 6) is 0.637. The van der Waals surface area contributed by atoms with Gasteiger partial charge in [0.15, 0.2) is 6.10 Å². The molecular weight excluding hydrogens is 348 g/mol. The van der Waals surface area contributed by atoms with Gasteiger partial charge in [0.05, 0.1) is 0 Å².